The van der Waals surface area contributed by atoms with Gasteiger partial charge in [-0.1, -0.05) is 0 Å². The van der Waals surface area contributed by atoms with Crippen LogP contribution in [0.3, 0.4) is 0 Å². The van der Waals surface area contributed by atoms with E-state index in [0.29, 0.717) is 6.20 Å². The number of nitriles is 1. The molecule has 0 aliphatic heterocycles. The smallest absolute Gasteiger partial charge is 0.345 e. The average molecular weight is 629 g/mol. The topological polar surface area (TPSA) is 109 Å². The number of rotatable bonds is 6. The summed E-state index contributed by atoms with van der Waals surface area (Å²) in [5, 5.41) is 13.9. The van der Waals surface area contributed by atoms with Crippen molar-refractivity contribution in [2.75, 3.05) is 11.9 Å². The van der Waals surface area contributed by atoms with E-state index in [-0.39, 0.29) is 33.8 Å². The molecule has 0 unspecified atom stereocenters. The third-order valence-electron chi connectivity index (χ3n) is 4.62. The summed E-state index contributed by atoms with van der Waals surface area (Å²) >= 11 is 1.90. The predicted octanol–water partition coefficient (Wildman–Crippen LogP) is 5.10. The van der Waals surface area contributed by atoms with Crippen LogP contribution in [0.1, 0.15) is 25.0 Å². The van der Waals surface area contributed by atoms with Crippen molar-refractivity contribution in [1.29, 1.82) is 5.26 Å². The van der Waals surface area contributed by atoms with E-state index in [0.717, 1.165) is 21.4 Å². The molecule has 16 heteroatoms. The maximum absolute atomic E-state index is 13.3. The van der Waals surface area contributed by atoms with Gasteiger partial charge in [-0.3, -0.25) is 8.77 Å². The summed E-state index contributed by atoms with van der Waals surface area (Å²) in [6.07, 6.45) is -6.05. The SMILES string of the molecule is CC(C)(Nc1ncc(C#N)c(-c2cn(SI)c3ncc(C(F)(F)F)cc23)n1)C(=O)NCC(F)(F)F. The standard InChI is InChI=1S/C19H14F6IN7OS/c1-17(2,15(34)30-8-18(20,21)22)32-16-29-5-9(4-27)13(31-16)12-7-33(35-26)14-11(12)3-10(6-28-14)19(23,24)25/h3,5-7H,8H2,1-2H3,(H,30,34)(H,29,31,32). The molecule has 8 nitrogen and oxygen atoms in total. The van der Waals surface area contributed by atoms with Gasteiger partial charge in [0, 0.05) is 53.7 Å². The largest absolute Gasteiger partial charge is 0.417 e. The molecule has 1 amide bonds. The molecule has 3 aromatic rings. The first-order valence-electron chi connectivity index (χ1n) is 9.44. The molecule has 0 aliphatic carbocycles. The Hall–Kier alpha value is -2.81. The minimum atomic E-state index is -4.66. The van der Waals surface area contributed by atoms with Crippen LogP contribution in [0.15, 0.2) is 24.7 Å². The van der Waals surface area contributed by atoms with E-state index in [2.05, 4.69) is 20.3 Å². The van der Waals surface area contributed by atoms with Gasteiger partial charge in [0.25, 0.3) is 0 Å². The Morgan fingerprint density at radius 3 is 2.46 bits per heavy atom. The Balaban J connectivity index is 2.07. The van der Waals surface area contributed by atoms with Gasteiger partial charge in [0.05, 0.1) is 23.0 Å². The van der Waals surface area contributed by atoms with Crippen molar-refractivity contribution in [3.05, 3.63) is 35.8 Å². The third kappa shape index (κ3) is 6.07. The summed E-state index contributed by atoms with van der Waals surface area (Å²) < 4.78 is 78.7. The zero-order chi connectivity index (χ0) is 26.2. The second-order valence-corrected chi connectivity index (χ2v) is 9.36. The van der Waals surface area contributed by atoms with Crippen molar-refractivity contribution in [2.45, 2.75) is 31.7 Å². The van der Waals surface area contributed by atoms with Crippen LogP contribution in [0, 0.1) is 11.3 Å². The molecule has 0 aliphatic rings. The van der Waals surface area contributed by atoms with E-state index in [9.17, 15) is 36.4 Å². The lowest BCUT2D eigenvalue weighted by atomic mass is 10.0. The molecular formula is C19H14F6IN7OS. The fraction of sp³-hybridized carbons (Fsp3) is 0.316. The number of anilines is 1. The lowest BCUT2D eigenvalue weighted by Crippen LogP contribution is -2.50. The Morgan fingerprint density at radius 1 is 1.20 bits per heavy atom. The van der Waals surface area contributed by atoms with Crippen LogP contribution in [0.5, 0.6) is 0 Å². The van der Waals surface area contributed by atoms with E-state index >= 15 is 0 Å². The van der Waals surface area contributed by atoms with Crippen LogP contribution in [0.25, 0.3) is 22.3 Å². The number of alkyl halides is 6. The number of carbonyl (C=O) groups is 1. The minimum absolute atomic E-state index is 0.0492. The predicted molar refractivity (Wildman–Crippen MR) is 124 cm³/mol. The Morgan fingerprint density at radius 2 is 1.89 bits per heavy atom. The van der Waals surface area contributed by atoms with Crippen molar-refractivity contribution < 1.29 is 31.1 Å². The van der Waals surface area contributed by atoms with Gasteiger partial charge in [0.1, 0.15) is 18.2 Å². The zero-order valence-electron chi connectivity index (χ0n) is 17.7. The van der Waals surface area contributed by atoms with E-state index in [1.165, 1.54) is 24.0 Å². The number of carbonyl (C=O) groups excluding carboxylic acids is 1. The first-order valence-corrected chi connectivity index (χ1v) is 12.8. The van der Waals surface area contributed by atoms with Crippen molar-refractivity contribution in [3.8, 4) is 17.3 Å². The minimum Gasteiger partial charge on any atom is -0.345 e. The van der Waals surface area contributed by atoms with Gasteiger partial charge in [-0.15, -0.1) is 0 Å². The highest BCUT2D eigenvalue weighted by atomic mass is 127. The van der Waals surface area contributed by atoms with Gasteiger partial charge in [-0.2, -0.15) is 31.6 Å². The van der Waals surface area contributed by atoms with E-state index in [4.69, 9.17) is 0 Å². The number of hydrogen-bond donors (Lipinski definition) is 2. The van der Waals surface area contributed by atoms with Crippen molar-refractivity contribution in [2.24, 2.45) is 0 Å². The molecule has 0 atom stereocenters. The summed E-state index contributed by atoms with van der Waals surface area (Å²) in [7, 11) is 1.12. The monoisotopic (exact) mass is 629 g/mol. The van der Waals surface area contributed by atoms with Gasteiger partial charge in [0.15, 0.2) is 5.65 Å². The second kappa shape index (κ2) is 9.68. The molecule has 3 heterocycles. The quantitative estimate of drug-likeness (QED) is 0.289. The number of fused-ring (bicyclic) bond motifs is 1. The average Bonchev–Trinajstić information content (AvgIpc) is 3.14. The van der Waals surface area contributed by atoms with Crippen molar-refractivity contribution >= 4 is 53.2 Å². The lowest BCUT2D eigenvalue weighted by Gasteiger charge is -2.25. The molecule has 0 saturated heterocycles. The molecule has 35 heavy (non-hydrogen) atoms. The Bertz CT molecular complexity index is 1320. The van der Waals surface area contributed by atoms with E-state index in [1.54, 1.807) is 5.32 Å². The first-order chi connectivity index (χ1) is 16.2. The molecule has 186 valence electrons. The van der Waals surface area contributed by atoms with Gasteiger partial charge >= 0.3 is 12.4 Å². The highest BCUT2D eigenvalue weighted by Gasteiger charge is 2.34. The van der Waals surface area contributed by atoms with Gasteiger partial charge < -0.3 is 10.6 Å². The number of nitrogens with one attached hydrogen (secondary N) is 2. The summed E-state index contributed by atoms with van der Waals surface area (Å²) in [4.78, 5) is 24.3. The van der Waals surface area contributed by atoms with Crippen LogP contribution in [0.4, 0.5) is 32.3 Å². The van der Waals surface area contributed by atoms with Crippen LogP contribution < -0.4 is 10.6 Å². The fourth-order valence-electron chi connectivity index (χ4n) is 2.94. The number of nitrogens with zero attached hydrogens (tertiary/aromatic N) is 5. The zero-order valence-corrected chi connectivity index (χ0v) is 20.7. The van der Waals surface area contributed by atoms with E-state index < -0.39 is 35.9 Å². The number of aromatic nitrogens is 4. The number of pyridine rings is 1. The van der Waals surface area contributed by atoms with Gasteiger partial charge in [-0.05, 0) is 19.9 Å². The van der Waals surface area contributed by atoms with Crippen LogP contribution in [-0.2, 0) is 11.0 Å². The molecule has 0 fully saturated rings. The molecule has 0 saturated carbocycles. The van der Waals surface area contributed by atoms with Crippen molar-refractivity contribution in [1.82, 2.24) is 24.2 Å². The summed E-state index contributed by atoms with van der Waals surface area (Å²) in [6, 6.07) is 2.74. The Kier molecular flexibility index (Phi) is 7.41. The van der Waals surface area contributed by atoms with Gasteiger partial charge in [-0.25, -0.2) is 15.0 Å². The third-order valence-corrected chi connectivity index (χ3v) is 6.32. The molecule has 3 rings (SSSR count). The molecule has 0 radical (unpaired) electrons. The maximum atomic E-state index is 13.3. The fourth-order valence-corrected chi connectivity index (χ4v) is 4.20. The van der Waals surface area contributed by atoms with Gasteiger partial charge in [0.2, 0.25) is 11.9 Å². The molecule has 0 aromatic carbocycles. The summed E-state index contributed by atoms with van der Waals surface area (Å²) in [5.41, 5.74) is -2.40. The highest BCUT2D eigenvalue weighted by Crippen LogP contribution is 2.38. The summed E-state index contributed by atoms with van der Waals surface area (Å²) in [6.45, 7) is 1.04. The number of hydrogen-bond acceptors (Lipinski definition) is 7. The first kappa shape index (κ1) is 26.8. The highest BCUT2D eigenvalue weighted by molar-refractivity contribution is 14.2. The summed E-state index contributed by atoms with van der Waals surface area (Å²) in [5.74, 6) is -1.23. The lowest BCUT2D eigenvalue weighted by molar-refractivity contribution is -0.140. The molecular weight excluding hydrogens is 615 g/mol. The normalized spacial score (nSPS) is 12.5. The number of amides is 1. The van der Waals surface area contributed by atoms with Crippen molar-refractivity contribution in [3.63, 3.8) is 0 Å². The van der Waals surface area contributed by atoms with Crippen LogP contribution in [-0.4, -0.2) is 43.1 Å². The second-order valence-electron chi connectivity index (χ2n) is 7.65. The van der Waals surface area contributed by atoms with Crippen LogP contribution in [0.2, 0.25) is 0 Å². The molecule has 3 aromatic heterocycles. The number of halogens is 7. The molecule has 0 spiro atoms. The maximum Gasteiger partial charge on any atom is 0.417 e. The molecule has 0 bridgehead atoms. The van der Waals surface area contributed by atoms with Crippen LogP contribution >= 0.6 is 30.3 Å². The molecule has 2 N–H and O–H groups in total. The van der Waals surface area contributed by atoms with E-state index in [1.807, 2.05) is 27.3 Å². The Labute approximate surface area is 210 Å².